The van der Waals surface area contributed by atoms with E-state index in [4.69, 9.17) is 13.9 Å². The van der Waals surface area contributed by atoms with Gasteiger partial charge in [0.15, 0.2) is 8.32 Å². The van der Waals surface area contributed by atoms with Crippen molar-refractivity contribution in [3.8, 4) is 0 Å². The molecule has 33 heavy (non-hydrogen) atoms. The van der Waals surface area contributed by atoms with Gasteiger partial charge in [-0.1, -0.05) is 88.4 Å². The first-order valence-corrected chi connectivity index (χ1v) is 15.1. The SMILES string of the molecule is C[C@@H](CO)[C@@H](C[C@H](CCOCc1ccccc1)OCc1ccccc1)O[Si](C)(C)C(C)(C)C. The Hall–Kier alpha value is -1.50. The molecule has 4 nitrogen and oxygen atoms in total. The minimum atomic E-state index is -1.98. The van der Waals surface area contributed by atoms with Crippen LogP contribution in [0.25, 0.3) is 0 Å². The molecule has 1 N–H and O–H groups in total. The quantitative estimate of drug-likeness (QED) is 0.249. The van der Waals surface area contributed by atoms with Gasteiger partial charge in [-0.25, -0.2) is 0 Å². The van der Waals surface area contributed by atoms with E-state index in [9.17, 15) is 5.11 Å². The molecule has 0 aliphatic carbocycles. The molecule has 0 fully saturated rings. The maximum Gasteiger partial charge on any atom is 0.192 e. The first-order valence-electron chi connectivity index (χ1n) is 12.2. The van der Waals surface area contributed by atoms with Crippen molar-refractivity contribution in [1.29, 1.82) is 0 Å². The van der Waals surface area contributed by atoms with Gasteiger partial charge in [-0.2, -0.15) is 0 Å². The van der Waals surface area contributed by atoms with Crippen molar-refractivity contribution in [1.82, 2.24) is 0 Å². The van der Waals surface area contributed by atoms with E-state index in [0.717, 1.165) is 18.4 Å². The Morgan fingerprint density at radius 2 is 1.42 bits per heavy atom. The zero-order chi connectivity index (χ0) is 24.3. The molecular formula is C28H44O4Si. The Bertz CT molecular complexity index is 773. The van der Waals surface area contributed by atoms with Crippen molar-refractivity contribution in [3.05, 3.63) is 71.8 Å². The van der Waals surface area contributed by atoms with Gasteiger partial charge in [-0.3, -0.25) is 0 Å². The number of aliphatic hydroxyl groups excluding tert-OH is 1. The van der Waals surface area contributed by atoms with Crippen molar-refractivity contribution in [2.24, 2.45) is 5.92 Å². The average molecular weight is 473 g/mol. The highest BCUT2D eigenvalue weighted by Gasteiger charge is 2.40. The van der Waals surface area contributed by atoms with Gasteiger partial charge in [0.1, 0.15) is 0 Å². The molecule has 0 amide bonds. The summed E-state index contributed by atoms with van der Waals surface area (Å²) >= 11 is 0. The monoisotopic (exact) mass is 472 g/mol. The van der Waals surface area contributed by atoms with E-state index in [1.54, 1.807) is 0 Å². The summed E-state index contributed by atoms with van der Waals surface area (Å²) in [6.45, 7) is 15.2. The summed E-state index contributed by atoms with van der Waals surface area (Å²) in [5, 5.41) is 10.0. The Balaban J connectivity index is 2.04. The summed E-state index contributed by atoms with van der Waals surface area (Å²) in [5.41, 5.74) is 2.33. The van der Waals surface area contributed by atoms with Crippen LogP contribution in [-0.2, 0) is 27.1 Å². The predicted octanol–water partition coefficient (Wildman–Crippen LogP) is 6.59. The highest BCUT2D eigenvalue weighted by atomic mass is 28.4. The molecule has 0 aliphatic rings. The standard InChI is InChI=1S/C28H44O4Si/c1-23(20-29)27(32-33(5,6)28(2,3)4)19-26(31-22-25-15-11-8-12-16-25)17-18-30-21-24-13-9-7-10-14-24/h7-16,23,26-27,29H,17-22H2,1-6H3/t23-,26-,27+/m0/s1. The normalized spacial score (nSPS) is 15.2. The van der Waals surface area contributed by atoms with Crippen molar-refractivity contribution < 1.29 is 19.0 Å². The lowest BCUT2D eigenvalue weighted by atomic mass is 9.98. The van der Waals surface area contributed by atoms with E-state index in [2.05, 4.69) is 65.1 Å². The van der Waals surface area contributed by atoms with Gasteiger partial charge in [-0.05, 0) is 42.1 Å². The molecule has 0 bridgehead atoms. The van der Waals surface area contributed by atoms with Gasteiger partial charge in [0.25, 0.3) is 0 Å². The van der Waals surface area contributed by atoms with Crippen LogP contribution in [0.15, 0.2) is 60.7 Å². The predicted molar refractivity (Wildman–Crippen MR) is 139 cm³/mol. The molecule has 0 aromatic heterocycles. The van der Waals surface area contributed by atoms with Crippen LogP contribution in [0.5, 0.6) is 0 Å². The third-order valence-electron chi connectivity index (χ3n) is 6.69. The Morgan fingerprint density at radius 3 is 1.94 bits per heavy atom. The molecule has 184 valence electrons. The van der Waals surface area contributed by atoms with Gasteiger partial charge in [-0.15, -0.1) is 0 Å². The van der Waals surface area contributed by atoms with Crippen molar-refractivity contribution in [3.63, 3.8) is 0 Å². The molecule has 2 aromatic carbocycles. The molecule has 2 rings (SSSR count). The smallest absolute Gasteiger partial charge is 0.192 e. The summed E-state index contributed by atoms with van der Waals surface area (Å²) in [5.74, 6) is 0.0483. The van der Waals surface area contributed by atoms with Crippen molar-refractivity contribution >= 4 is 8.32 Å². The van der Waals surface area contributed by atoms with E-state index < -0.39 is 8.32 Å². The summed E-state index contributed by atoms with van der Waals surface area (Å²) < 4.78 is 19.1. The second-order valence-electron chi connectivity index (χ2n) is 10.6. The molecule has 3 atom stereocenters. The largest absolute Gasteiger partial charge is 0.413 e. The van der Waals surface area contributed by atoms with E-state index >= 15 is 0 Å². The minimum absolute atomic E-state index is 0.00949. The van der Waals surface area contributed by atoms with Gasteiger partial charge in [0.2, 0.25) is 0 Å². The molecule has 0 heterocycles. The van der Waals surface area contributed by atoms with Crippen LogP contribution in [0.2, 0.25) is 18.1 Å². The third kappa shape index (κ3) is 9.71. The fourth-order valence-corrected chi connectivity index (χ4v) is 4.80. The molecule has 0 saturated heterocycles. The maximum atomic E-state index is 9.94. The zero-order valence-electron chi connectivity index (χ0n) is 21.4. The summed E-state index contributed by atoms with van der Waals surface area (Å²) in [4.78, 5) is 0. The van der Waals surface area contributed by atoms with Gasteiger partial charge < -0.3 is 19.0 Å². The van der Waals surface area contributed by atoms with E-state index in [-0.39, 0.29) is 29.8 Å². The first-order chi connectivity index (χ1) is 15.6. The van der Waals surface area contributed by atoms with Crippen LogP contribution in [0.4, 0.5) is 0 Å². The Morgan fingerprint density at radius 1 is 0.879 bits per heavy atom. The molecule has 0 unspecified atom stereocenters. The minimum Gasteiger partial charge on any atom is -0.413 e. The molecule has 0 saturated carbocycles. The highest BCUT2D eigenvalue weighted by molar-refractivity contribution is 6.74. The lowest BCUT2D eigenvalue weighted by Crippen LogP contribution is -2.47. The zero-order valence-corrected chi connectivity index (χ0v) is 22.4. The van der Waals surface area contributed by atoms with Gasteiger partial charge in [0.05, 0.1) is 25.4 Å². The van der Waals surface area contributed by atoms with Crippen LogP contribution in [-0.4, -0.2) is 38.8 Å². The molecular weight excluding hydrogens is 428 g/mol. The number of rotatable bonds is 14. The fraction of sp³-hybridized carbons (Fsp3) is 0.571. The maximum absolute atomic E-state index is 9.94. The van der Waals surface area contributed by atoms with Crippen LogP contribution in [0.3, 0.4) is 0 Å². The molecule has 0 radical (unpaired) electrons. The summed E-state index contributed by atoms with van der Waals surface area (Å²) in [7, 11) is -1.98. The van der Waals surface area contributed by atoms with Gasteiger partial charge in [0, 0.05) is 19.1 Å². The molecule has 2 aromatic rings. The second kappa shape index (κ2) is 13.4. The van der Waals surface area contributed by atoms with Crippen LogP contribution in [0.1, 0.15) is 51.7 Å². The van der Waals surface area contributed by atoms with Crippen molar-refractivity contribution in [2.45, 2.75) is 84.1 Å². The van der Waals surface area contributed by atoms with Crippen molar-refractivity contribution in [2.75, 3.05) is 13.2 Å². The second-order valence-corrected chi connectivity index (χ2v) is 15.3. The topological polar surface area (TPSA) is 47.9 Å². The molecule has 0 aliphatic heterocycles. The highest BCUT2D eigenvalue weighted by Crippen LogP contribution is 2.39. The average Bonchev–Trinajstić information content (AvgIpc) is 2.79. The van der Waals surface area contributed by atoms with E-state index in [0.29, 0.717) is 19.8 Å². The van der Waals surface area contributed by atoms with E-state index in [1.165, 1.54) is 5.56 Å². The lowest BCUT2D eigenvalue weighted by Gasteiger charge is -2.41. The van der Waals surface area contributed by atoms with Crippen LogP contribution >= 0.6 is 0 Å². The Kier molecular flexibility index (Phi) is 11.3. The van der Waals surface area contributed by atoms with E-state index in [1.807, 2.05) is 36.4 Å². The number of aliphatic hydroxyl groups is 1. The van der Waals surface area contributed by atoms with Crippen LogP contribution in [0, 0.1) is 5.92 Å². The van der Waals surface area contributed by atoms with Gasteiger partial charge >= 0.3 is 0 Å². The molecule has 0 spiro atoms. The lowest BCUT2D eigenvalue weighted by molar-refractivity contribution is -0.0297. The number of hydrogen-bond acceptors (Lipinski definition) is 4. The number of hydrogen-bond donors (Lipinski definition) is 1. The number of ether oxygens (including phenoxy) is 2. The molecule has 5 heteroatoms. The van der Waals surface area contributed by atoms with Crippen LogP contribution < -0.4 is 0 Å². The summed E-state index contributed by atoms with van der Waals surface area (Å²) in [6.07, 6.45) is 1.47. The summed E-state index contributed by atoms with van der Waals surface area (Å²) in [6, 6.07) is 20.5. The third-order valence-corrected chi connectivity index (χ3v) is 11.2. The number of benzene rings is 2. The Labute approximate surface area is 202 Å². The first kappa shape index (κ1) is 27.7. The fourth-order valence-electron chi connectivity index (χ4n) is 3.37.